The Balaban J connectivity index is 1.73. The van der Waals surface area contributed by atoms with E-state index < -0.39 is 35.5 Å². The summed E-state index contributed by atoms with van der Waals surface area (Å²) in [6.07, 6.45) is -1.81. The van der Waals surface area contributed by atoms with Gasteiger partial charge < -0.3 is 39.4 Å². The number of ether oxygens (including phenoxy) is 5. The summed E-state index contributed by atoms with van der Waals surface area (Å²) in [5.74, 6) is -0.777. The Morgan fingerprint density at radius 1 is 1.27 bits per heavy atom. The lowest BCUT2D eigenvalue weighted by atomic mass is 9.87. The molecule has 3 heterocycles. The molecular formula is C17H30N2O7. The number of hydrogen-bond acceptors (Lipinski definition) is 8. The predicted molar refractivity (Wildman–Crippen MR) is 90.5 cm³/mol. The van der Waals surface area contributed by atoms with Crippen LogP contribution in [0.1, 0.15) is 34.6 Å². The first-order valence-electron chi connectivity index (χ1n) is 9.01. The van der Waals surface area contributed by atoms with Crippen LogP contribution < -0.4 is 10.6 Å². The predicted octanol–water partition coefficient (Wildman–Crippen LogP) is 0.107. The van der Waals surface area contributed by atoms with Crippen LogP contribution in [0.3, 0.4) is 0 Å². The Kier molecular flexibility index (Phi) is 5.24. The fourth-order valence-corrected chi connectivity index (χ4v) is 3.63. The van der Waals surface area contributed by atoms with Crippen LogP contribution in [-0.2, 0) is 23.7 Å². The van der Waals surface area contributed by atoms with Crippen LogP contribution in [0.2, 0.25) is 0 Å². The topological polar surface area (TPSA) is 108 Å². The Bertz CT molecular complexity index is 536. The molecule has 0 saturated carbocycles. The maximum absolute atomic E-state index is 12.1. The molecule has 3 rings (SSSR count). The first kappa shape index (κ1) is 19.8. The van der Waals surface area contributed by atoms with Gasteiger partial charge in [-0.15, -0.1) is 0 Å². The SMILES string of the molecule is CC(C)(C)OC(=O)NCC12COC(O1)[C@H](NCCO)[C@H]1OC(C)(C)O[C@H]12. The average Bonchev–Trinajstić information content (AvgIpc) is 3.04. The second-order valence-electron chi connectivity index (χ2n) is 8.44. The zero-order chi connectivity index (χ0) is 19.2. The van der Waals surface area contributed by atoms with Crippen LogP contribution in [-0.4, -0.2) is 79.0 Å². The van der Waals surface area contributed by atoms with Crippen LogP contribution in [0.25, 0.3) is 0 Å². The lowest BCUT2D eigenvalue weighted by Gasteiger charge is -2.42. The molecule has 3 fully saturated rings. The minimum Gasteiger partial charge on any atom is -0.444 e. The summed E-state index contributed by atoms with van der Waals surface area (Å²) in [6.45, 7) is 9.95. The van der Waals surface area contributed by atoms with E-state index in [1.165, 1.54) is 0 Å². The lowest BCUT2D eigenvalue weighted by Crippen LogP contribution is -2.66. The van der Waals surface area contributed by atoms with Gasteiger partial charge in [-0.05, 0) is 34.6 Å². The molecule has 0 aromatic heterocycles. The first-order valence-corrected chi connectivity index (χ1v) is 9.01. The number of rotatable bonds is 5. The summed E-state index contributed by atoms with van der Waals surface area (Å²) >= 11 is 0. The summed E-state index contributed by atoms with van der Waals surface area (Å²) in [7, 11) is 0. The molecule has 5 atom stereocenters. The highest BCUT2D eigenvalue weighted by atomic mass is 16.8. The zero-order valence-corrected chi connectivity index (χ0v) is 16.0. The smallest absolute Gasteiger partial charge is 0.407 e. The average molecular weight is 374 g/mol. The van der Waals surface area contributed by atoms with E-state index in [-0.39, 0.29) is 31.9 Å². The number of carbonyl (C=O) groups excluding carboxylic acids is 1. The molecule has 150 valence electrons. The van der Waals surface area contributed by atoms with Gasteiger partial charge in [0.1, 0.15) is 23.4 Å². The first-order chi connectivity index (χ1) is 12.1. The van der Waals surface area contributed by atoms with Crippen LogP contribution in [0, 0.1) is 0 Å². The van der Waals surface area contributed by atoms with Crippen molar-refractivity contribution in [3.63, 3.8) is 0 Å². The van der Waals surface area contributed by atoms with Crippen LogP contribution in [0.5, 0.6) is 0 Å². The van der Waals surface area contributed by atoms with Crippen molar-refractivity contribution >= 4 is 6.09 Å². The summed E-state index contributed by atoms with van der Waals surface area (Å²) < 4.78 is 29.4. The molecule has 3 saturated heterocycles. The van der Waals surface area contributed by atoms with Crippen molar-refractivity contribution in [2.24, 2.45) is 0 Å². The van der Waals surface area contributed by atoms with Crippen molar-refractivity contribution < 1.29 is 33.6 Å². The molecule has 0 radical (unpaired) electrons. The maximum atomic E-state index is 12.1. The third-order valence-corrected chi connectivity index (χ3v) is 4.56. The third-order valence-electron chi connectivity index (χ3n) is 4.56. The van der Waals surface area contributed by atoms with Crippen LogP contribution in [0.15, 0.2) is 0 Å². The van der Waals surface area contributed by atoms with E-state index in [0.29, 0.717) is 6.54 Å². The largest absolute Gasteiger partial charge is 0.444 e. The van der Waals surface area contributed by atoms with Crippen LogP contribution in [0.4, 0.5) is 4.79 Å². The van der Waals surface area contributed by atoms with Crippen LogP contribution >= 0.6 is 0 Å². The molecule has 0 spiro atoms. The highest BCUT2D eigenvalue weighted by Crippen LogP contribution is 2.46. The van der Waals surface area contributed by atoms with Gasteiger partial charge in [-0.1, -0.05) is 0 Å². The molecule has 9 heteroatoms. The quantitative estimate of drug-likeness (QED) is 0.622. The highest BCUT2D eigenvalue weighted by molar-refractivity contribution is 5.67. The monoisotopic (exact) mass is 374 g/mol. The number of nitrogens with one attached hydrogen (secondary N) is 2. The lowest BCUT2D eigenvalue weighted by molar-refractivity contribution is -0.194. The molecule has 0 aromatic rings. The number of amides is 1. The molecule has 1 amide bonds. The Morgan fingerprint density at radius 2 is 2.00 bits per heavy atom. The van der Waals surface area contributed by atoms with E-state index in [1.54, 1.807) is 20.8 Å². The summed E-state index contributed by atoms with van der Waals surface area (Å²) in [5, 5.41) is 15.1. The van der Waals surface area contributed by atoms with E-state index in [9.17, 15) is 4.79 Å². The Morgan fingerprint density at radius 3 is 2.65 bits per heavy atom. The van der Waals surface area contributed by atoms with Crippen molar-refractivity contribution in [3.05, 3.63) is 0 Å². The zero-order valence-electron chi connectivity index (χ0n) is 16.0. The maximum Gasteiger partial charge on any atom is 0.407 e. The Labute approximate surface area is 153 Å². The van der Waals surface area contributed by atoms with Gasteiger partial charge in [0.05, 0.1) is 25.8 Å². The summed E-state index contributed by atoms with van der Waals surface area (Å²) in [6, 6.07) is -0.272. The van der Waals surface area contributed by atoms with Gasteiger partial charge in [0, 0.05) is 6.54 Å². The van der Waals surface area contributed by atoms with Gasteiger partial charge in [0.25, 0.3) is 0 Å². The van der Waals surface area contributed by atoms with Crippen molar-refractivity contribution in [2.75, 3.05) is 26.3 Å². The molecule has 9 nitrogen and oxygen atoms in total. The third kappa shape index (κ3) is 3.97. The van der Waals surface area contributed by atoms with E-state index in [4.69, 9.17) is 28.8 Å². The van der Waals surface area contributed by atoms with Crippen molar-refractivity contribution in [1.29, 1.82) is 0 Å². The normalized spacial score (nSPS) is 38.1. The van der Waals surface area contributed by atoms with Gasteiger partial charge in [-0.2, -0.15) is 0 Å². The van der Waals surface area contributed by atoms with Crippen molar-refractivity contribution in [2.45, 2.75) is 76.1 Å². The second kappa shape index (κ2) is 6.88. The molecule has 3 aliphatic heterocycles. The van der Waals surface area contributed by atoms with E-state index in [2.05, 4.69) is 10.6 Å². The fraction of sp³-hybridized carbons (Fsp3) is 0.941. The second-order valence-corrected chi connectivity index (χ2v) is 8.44. The summed E-state index contributed by atoms with van der Waals surface area (Å²) in [5.41, 5.74) is -1.43. The molecule has 2 unspecified atom stereocenters. The van der Waals surface area contributed by atoms with Crippen molar-refractivity contribution in [1.82, 2.24) is 10.6 Å². The standard InChI is InChI=1S/C17H30N2O7/c1-15(2,3)26-14(21)19-8-17-9-22-13(25-17)10(18-6-7-20)11-12(17)24-16(4,5)23-11/h10-13,18,20H,6-9H2,1-5H3,(H,19,21)/t10-,11-,12-,13?,17?/m1/s1. The van der Waals surface area contributed by atoms with Gasteiger partial charge >= 0.3 is 6.09 Å². The highest BCUT2D eigenvalue weighted by Gasteiger charge is 2.65. The molecule has 0 aliphatic carbocycles. The number of alkyl carbamates (subject to hydrolysis) is 1. The Hall–Kier alpha value is -0.970. The molecule has 0 aromatic carbocycles. The van der Waals surface area contributed by atoms with Gasteiger partial charge in [-0.3, -0.25) is 0 Å². The molecule has 3 N–H and O–H groups in total. The summed E-state index contributed by atoms with van der Waals surface area (Å²) in [4.78, 5) is 12.1. The number of aliphatic hydroxyl groups excluding tert-OH is 1. The molecular weight excluding hydrogens is 344 g/mol. The van der Waals surface area contributed by atoms with Gasteiger partial charge in [0.15, 0.2) is 12.1 Å². The number of fused-ring (bicyclic) bond motifs is 4. The van der Waals surface area contributed by atoms with Gasteiger partial charge in [0.2, 0.25) is 0 Å². The van der Waals surface area contributed by atoms with E-state index in [0.717, 1.165) is 0 Å². The molecule has 3 aliphatic rings. The molecule has 26 heavy (non-hydrogen) atoms. The number of aliphatic hydroxyl groups is 1. The van der Waals surface area contributed by atoms with Gasteiger partial charge in [-0.25, -0.2) is 4.79 Å². The number of carbonyl (C=O) groups is 1. The minimum absolute atomic E-state index is 0.00377. The van der Waals surface area contributed by atoms with E-state index >= 15 is 0 Å². The number of hydrogen-bond donors (Lipinski definition) is 3. The molecule has 2 bridgehead atoms. The van der Waals surface area contributed by atoms with Crippen molar-refractivity contribution in [3.8, 4) is 0 Å². The fourth-order valence-electron chi connectivity index (χ4n) is 3.63. The minimum atomic E-state index is -0.850. The van der Waals surface area contributed by atoms with E-state index in [1.807, 2.05) is 13.8 Å².